The SMILES string of the molecule is CN1C(=O)N(C)P(Oc2c3cccc2Cc2cccc(c2OP2N(C)C(=O)N(C)C(=O)N2C)Cc2cccc(c2OP2N(C)C(=O)N(C)C(=O)N2C)Cc2cccc(c2OP2N(C)C(=O)N(C)C(=O)N2C)C3)N(C)C1=O. The van der Waals surface area contributed by atoms with Gasteiger partial charge in [0.25, 0.3) is 0 Å². The minimum Gasteiger partial charge on any atom is -0.436 e. The van der Waals surface area contributed by atoms with E-state index < -0.39 is 82.0 Å². The van der Waals surface area contributed by atoms with E-state index in [2.05, 4.69) is 0 Å². The van der Waals surface area contributed by atoms with Crippen molar-refractivity contribution in [1.29, 1.82) is 0 Å². The first-order valence-electron chi connectivity index (χ1n) is 23.5. The first kappa shape index (κ1) is 53.6. The Morgan fingerprint density at radius 2 is 0.395 bits per heavy atom. The van der Waals surface area contributed by atoms with Gasteiger partial charge in [0.15, 0.2) is 0 Å². The molecule has 9 rings (SSSR count). The third-order valence-corrected chi connectivity index (χ3v) is 20.3. The molecule has 0 radical (unpaired) electrons. The number of imide groups is 4. The normalized spacial score (nSPS) is 18.8. The number of urea groups is 8. The highest BCUT2D eigenvalue weighted by molar-refractivity contribution is 7.50. The molecule has 0 aromatic heterocycles. The van der Waals surface area contributed by atoms with E-state index in [0.717, 1.165) is 19.6 Å². The summed E-state index contributed by atoms with van der Waals surface area (Å²) in [6.07, 6.45) is 0.473. The third kappa shape index (κ3) is 9.24. The Labute approximate surface area is 444 Å². The van der Waals surface area contributed by atoms with Gasteiger partial charge in [-0.3, -0.25) is 37.4 Å². The summed E-state index contributed by atoms with van der Waals surface area (Å²) in [6.45, 7) is 0. The molecule has 1 aliphatic carbocycles. The van der Waals surface area contributed by atoms with Crippen LogP contribution in [0.2, 0.25) is 0 Å². The number of amides is 16. The summed E-state index contributed by atoms with van der Waals surface area (Å²) in [5, 5.41) is 0. The van der Waals surface area contributed by atoms with Gasteiger partial charge in [-0.2, -0.15) is 0 Å². The van der Waals surface area contributed by atoms with E-state index in [-0.39, 0.29) is 25.7 Å². The Balaban J connectivity index is 1.28. The summed E-state index contributed by atoms with van der Waals surface area (Å²) >= 11 is 0. The maximum absolute atomic E-state index is 13.5. The lowest BCUT2D eigenvalue weighted by Gasteiger charge is -2.41. The summed E-state index contributed by atoms with van der Waals surface area (Å²) in [5.41, 5.74) is 4.93. The second kappa shape index (κ2) is 20.7. The number of hydrogen-bond donors (Lipinski definition) is 0. The lowest BCUT2D eigenvalue weighted by Crippen LogP contribution is -2.52. The third-order valence-electron chi connectivity index (χ3n) is 13.5. The molecule has 16 amide bonds. The zero-order chi connectivity index (χ0) is 54.9. The summed E-state index contributed by atoms with van der Waals surface area (Å²) < 4.78 is 39.0. The van der Waals surface area contributed by atoms with Crippen molar-refractivity contribution in [2.45, 2.75) is 25.7 Å². The monoisotopic (exact) mass is 1120 g/mol. The number of carbonyl (C=O) groups excluding carboxylic acids is 8. The Hall–Kier alpha value is -7.24. The Kier molecular flexibility index (Phi) is 14.6. The summed E-state index contributed by atoms with van der Waals surface area (Å²) in [7, 11) is 9.65. The number of benzene rings is 4. The number of hydrogen-bond acceptors (Lipinski definition) is 12. The molecule has 4 heterocycles. The second-order valence-electron chi connectivity index (χ2n) is 18.4. The van der Waals surface area contributed by atoms with Gasteiger partial charge in [0.1, 0.15) is 23.0 Å². The van der Waals surface area contributed by atoms with Gasteiger partial charge in [-0.1, -0.05) is 72.8 Å². The smallest absolute Gasteiger partial charge is 0.334 e. The molecular formula is C48H56N12O12P4. The van der Waals surface area contributed by atoms with Gasteiger partial charge in [0.2, 0.25) is 0 Å². The van der Waals surface area contributed by atoms with Gasteiger partial charge < -0.3 is 18.1 Å². The van der Waals surface area contributed by atoms with E-state index in [0.29, 0.717) is 67.5 Å². The highest BCUT2D eigenvalue weighted by atomic mass is 31.2. The highest BCUT2D eigenvalue weighted by Gasteiger charge is 2.47. The molecule has 0 unspecified atom stereocenters. The Bertz CT molecular complexity index is 2550. The number of fused-ring (bicyclic) bond motifs is 8. The molecule has 0 atom stereocenters. The predicted octanol–water partition coefficient (Wildman–Crippen LogP) is 8.98. The summed E-state index contributed by atoms with van der Waals surface area (Å²) in [6, 6.07) is 17.9. The second-order valence-corrected chi connectivity index (χ2v) is 25.9. The topological polar surface area (TPSA) is 212 Å². The van der Waals surface area contributed by atoms with Crippen molar-refractivity contribution < 1.29 is 56.5 Å². The molecule has 0 N–H and O–H groups in total. The first-order chi connectivity index (χ1) is 36.0. The molecular weight excluding hydrogens is 1060 g/mol. The first-order valence-corrected chi connectivity index (χ1v) is 28.2. The fourth-order valence-corrected chi connectivity index (χ4v) is 15.7. The van der Waals surface area contributed by atoms with Crippen molar-refractivity contribution in [3.05, 3.63) is 117 Å². The lowest BCUT2D eigenvalue weighted by molar-refractivity contribution is 0.162. The molecule has 24 nitrogen and oxygen atoms in total. The zero-order valence-corrected chi connectivity index (χ0v) is 47.4. The van der Waals surface area contributed by atoms with Crippen molar-refractivity contribution in [2.75, 3.05) is 84.6 Å². The van der Waals surface area contributed by atoms with Crippen LogP contribution in [0.5, 0.6) is 23.0 Å². The average Bonchev–Trinajstić information content (AvgIpc) is 3.40. The molecule has 4 aromatic carbocycles. The van der Waals surface area contributed by atoms with E-state index in [1.807, 2.05) is 72.8 Å². The fraction of sp³-hybridized carbons (Fsp3) is 0.333. The van der Waals surface area contributed by atoms with Gasteiger partial charge in [-0.15, -0.1) is 0 Å². The number of carbonyl (C=O) groups is 8. The number of nitrogens with zero attached hydrogens (tertiary/aromatic N) is 12. The van der Waals surface area contributed by atoms with E-state index in [4.69, 9.17) is 18.1 Å². The van der Waals surface area contributed by atoms with E-state index in [9.17, 15) is 38.4 Å². The largest absolute Gasteiger partial charge is 0.436 e. The molecule has 5 aliphatic rings. The molecule has 28 heteroatoms. The minimum atomic E-state index is -2.10. The highest BCUT2D eigenvalue weighted by Crippen LogP contribution is 2.55. The molecule has 0 saturated carbocycles. The molecule has 4 fully saturated rings. The maximum atomic E-state index is 13.5. The van der Waals surface area contributed by atoms with Gasteiger partial charge in [0.05, 0.1) is 0 Å². The van der Waals surface area contributed by atoms with Crippen LogP contribution in [0.1, 0.15) is 44.5 Å². The van der Waals surface area contributed by atoms with E-state index >= 15 is 0 Å². The molecule has 4 saturated heterocycles. The predicted molar refractivity (Wildman–Crippen MR) is 284 cm³/mol. The van der Waals surface area contributed by atoms with Crippen LogP contribution in [0, 0.1) is 0 Å². The van der Waals surface area contributed by atoms with Gasteiger partial charge in [-0.25, -0.2) is 58.0 Å². The van der Waals surface area contributed by atoms with Gasteiger partial charge in [-0.05, 0) is 44.5 Å². The van der Waals surface area contributed by atoms with Crippen molar-refractivity contribution >= 4 is 82.0 Å². The van der Waals surface area contributed by atoms with Crippen LogP contribution in [0.4, 0.5) is 38.4 Å². The standard InChI is InChI=1S/C48H56N12O12P4/c1-49-41(61)53(5)73(54(6)42(49)62)69-37-29-17-13-18-30(37)26-32-20-15-22-34(39(32)71-75-57(9)45(65)51(3)46(66)58(75)10)28-36-24-16-23-35(40(36)72-76-59(11)47(67)52(4)48(68)60(76)12)27-33-21-14-19-31(25-29)38(33)70-74-55(7)43(63)50(2)44(64)56(74)8/h13-24H,25-28H2,1-12H3. The quantitative estimate of drug-likeness (QED) is 0.133. The summed E-state index contributed by atoms with van der Waals surface area (Å²) in [5.74, 6) is 1.41. The van der Waals surface area contributed by atoms with Crippen LogP contribution >= 0.6 is 33.8 Å². The summed E-state index contributed by atoms with van der Waals surface area (Å²) in [4.78, 5) is 112. The zero-order valence-electron chi connectivity index (χ0n) is 43.8. The van der Waals surface area contributed by atoms with Crippen LogP contribution < -0.4 is 18.1 Å². The minimum absolute atomic E-state index is 0.118. The van der Waals surface area contributed by atoms with Gasteiger partial charge in [0, 0.05) is 110 Å². The van der Waals surface area contributed by atoms with Crippen LogP contribution in [0.25, 0.3) is 0 Å². The van der Waals surface area contributed by atoms with Crippen LogP contribution in [-0.2, 0) is 25.7 Å². The fourth-order valence-electron chi connectivity index (χ4n) is 9.23. The van der Waals surface area contributed by atoms with Crippen LogP contribution in [0.3, 0.4) is 0 Å². The Morgan fingerprint density at radius 1 is 0.263 bits per heavy atom. The van der Waals surface area contributed by atoms with E-state index in [1.54, 1.807) is 56.4 Å². The van der Waals surface area contributed by atoms with E-state index in [1.165, 1.54) is 65.6 Å². The van der Waals surface area contributed by atoms with Crippen molar-refractivity contribution in [1.82, 2.24) is 57.0 Å². The molecule has 4 aliphatic heterocycles. The molecule has 76 heavy (non-hydrogen) atoms. The molecule has 4 aromatic rings. The van der Waals surface area contributed by atoms with Crippen molar-refractivity contribution in [2.24, 2.45) is 0 Å². The van der Waals surface area contributed by atoms with Crippen molar-refractivity contribution in [3.8, 4) is 23.0 Å². The molecule has 0 spiro atoms. The number of rotatable bonds is 8. The van der Waals surface area contributed by atoms with Gasteiger partial charge >= 0.3 is 82.0 Å². The molecule has 8 bridgehead atoms. The molecule has 400 valence electrons. The van der Waals surface area contributed by atoms with Crippen molar-refractivity contribution in [3.63, 3.8) is 0 Å². The Morgan fingerprint density at radius 3 is 0.526 bits per heavy atom. The van der Waals surface area contributed by atoms with Crippen LogP contribution in [-0.4, -0.2) is 190 Å². The lowest BCUT2D eigenvalue weighted by atomic mass is 9.91. The number of para-hydroxylation sites is 4. The van der Waals surface area contributed by atoms with Crippen LogP contribution in [0.15, 0.2) is 72.8 Å². The average molecular weight is 1120 g/mol. The maximum Gasteiger partial charge on any atom is 0.334 e.